The largest absolute Gasteiger partial charge is 0.508 e. The van der Waals surface area contributed by atoms with Gasteiger partial charge in [0.1, 0.15) is 18.1 Å². The molecule has 4 nitrogen and oxygen atoms in total. The lowest BCUT2D eigenvalue weighted by Gasteiger charge is -2.20. The predicted molar refractivity (Wildman–Crippen MR) is 146 cm³/mol. The van der Waals surface area contributed by atoms with E-state index in [1.165, 1.54) is 37.1 Å². The van der Waals surface area contributed by atoms with E-state index in [0.29, 0.717) is 13.0 Å². The molecule has 1 saturated heterocycles. The highest BCUT2D eigenvalue weighted by Gasteiger charge is 2.16. The van der Waals surface area contributed by atoms with Crippen LogP contribution in [0.25, 0.3) is 5.57 Å². The first-order chi connectivity index (χ1) is 17.2. The summed E-state index contributed by atoms with van der Waals surface area (Å²) in [6, 6.07) is 15.8. The van der Waals surface area contributed by atoms with Crippen molar-refractivity contribution in [3.63, 3.8) is 0 Å². The molecule has 0 amide bonds. The van der Waals surface area contributed by atoms with Crippen molar-refractivity contribution in [2.24, 2.45) is 0 Å². The predicted octanol–water partition coefficient (Wildman–Crippen LogP) is 6.74. The molecular formula is C31H41NO3. The van der Waals surface area contributed by atoms with E-state index in [4.69, 9.17) is 4.74 Å². The van der Waals surface area contributed by atoms with Crippen molar-refractivity contribution in [2.45, 2.75) is 52.4 Å². The van der Waals surface area contributed by atoms with Crippen molar-refractivity contribution in [3.8, 4) is 11.5 Å². The highest BCUT2D eigenvalue weighted by Crippen LogP contribution is 2.36. The quantitative estimate of drug-likeness (QED) is 0.399. The van der Waals surface area contributed by atoms with Gasteiger partial charge in [-0.2, -0.15) is 0 Å². The molecule has 0 unspecified atom stereocenters. The van der Waals surface area contributed by atoms with E-state index in [1.807, 2.05) is 26.0 Å². The molecule has 1 aliphatic heterocycles. The van der Waals surface area contributed by atoms with E-state index in [0.717, 1.165) is 48.3 Å². The van der Waals surface area contributed by atoms with Crippen molar-refractivity contribution >= 4 is 5.57 Å². The molecule has 2 aromatic rings. The minimum Gasteiger partial charge on any atom is -0.508 e. The molecular weight excluding hydrogens is 434 g/mol. The van der Waals surface area contributed by atoms with Crippen molar-refractivity contribution in [3.05, 3.63) is 89.0 Å². The summed E-state index contributed by atoms with van der Waals surface area (Å²) in [6.07, 6.45) is 12.9. The van der Waals surface area contributed by atoms with E-state index >= 15 is 0 Å². The fourth-order valence-electron chi connectivity index (χ4n) is 4.67. The number of hydrogen-bond donors (Lipinski definition) is 2. The van der Waals surface area contributed by atoms with Crippen LogP contribution in [0.15, 0.2) is 77.9 Å². The van der Waals surface area contributed by atoms with E-state index in [1.54, 1.807) is 12.1 Å². The first kappa shape index (κ1) is 26.8. The van der Waals surface area contributed by atoms with Gasteiger partial charge in [0.25, 0.3) is 0 Å². The maximum atomic E-state index is 9.84. The third-order valence-corrected chi connectivity index (χ3v) is 6.40. The second-order valence-corrected chi connectivity index (χ2v) is 8.79. The van der Waals surface area contributed by atoms with Crippen molar-refractivity contribution in [1.29, 1.82) is 0 Å². The highest BCUT2D eigenvalue weighted by atomic mass is 16.5. The van der Waals surface area contributed by atoms with Crippen LogP contribution in [0.3, 0.4) is 0 Å². The van der Waals surface area contributed by atoms with Crippen LogP contribution in [0.5, 0.6) is 11.5 Å². The molecule has 0 spiro atoms. The molecule has 2 N–H and O–H groups in total. The van der Waals surface area contributed by atoms with Crippen molar-refractivity contribution in [2.75, 3.05) is 32.8 Å². The molecule has 35 heavy (non-hydrogen) atoms. The Balaban J connectivity index is 0.00000167. The number of aromatic hydroxyl groups is 1. The van der Waals surface area contributed by atoms with Gasteiger partial charge in [0, 0.05) is 13.2 Å². The zero-order chi connectivity index (χ0) is 24.9. The molecule has 0 aromatic heterocycles. The zero-order valence-electron chi connectivity index (χ0n) is 21.4. The number of hydrogen-bond acceptors (Lipinski definition) is 4. The Morgan fingerprint density at radius 3 is 2.17 bits per heavy atom. The van der Waals surface area contributed by atoms with Crippen LogP contribution < -0.4 is 4.74 Å². The summed E-state index contributed by atoms with van der Waals surface area (Å²) in [6.45, 7) is 8.22. The SMILES string of the molecule is CC.OCCC/C(C1=CCCC=C1)=C(\c1ccc(O)cc1)c1ccc(OCCN2CCCC2)cc1. The number of aliphatic hydroxyl groups excluding tert-OH is 1. The molecule has 0 bridgehead atoms. The van der Waals surface area contributed by atoms with Crippen LogP contribution in [0, 0.1) is 0 Å². The van der Waals surface area contributed by atoms with Gasteiger partial charge in [-0.05, 0) is 104 Å². The normalized spacial score (nSPS) is 16.3. The van der Waals surface area contributed by atoms with Gasteiger partial charge in [0.2, 0.25) is 0 Å². The Hall–Kier alpha value is -2.82. The molecule has 188 valence electrons. The maximum Gasteiger partial charge on any atom is 0.119 e. The summed E-state index contributed by atoms with van der Waals surface area (Å²) >= 11 is 0. The number of allylic oxidation sites excluding steroid dienone is 5. The molecule has 0 saturated carbocycles. The first-order valence-electron chi connectivity index (χ1n) is 13.2. The van der Waals surface area contributed by atoms with Crippen LogP contribution in [-0.4, -0.2) is 48.0 Å². The van der Waals surface area contributed by atoms with E-state index in [9.17, 15) is 10.2 Å². The van der Waals surface area contributed by atoms with Crippen molar-refractivity contribution < 1.29 is 14.9 Å². The number of benzene rings is 2. The van der Waals surface area contributed by atoms with Gasteiger partial charge in [-0.25, -0.2) is 0 Å². The molecule has 1 aliphatic carbocycles. The van der Waals surface area contributed by atoms with Crippen LogP contribution in [-0.2, 0) is 0 Å². The number of rotatable bonds is 10. The molecule has 4 heteroatoms. The number of likely N-dealkylation sites (tertiary alicyclic amines) is 1. The molecule has 2 aliphatic rings. The van der Waals surface area contributed by atoms with Gasteiger partial charge >= 0.3 is 0 Å². The number of phenolic OH excluding ortho intramolecular Hbond substituents is 1. The second kappa shape index (κ2) is 14.6. The number of aliphatic hydroxyl groups is 1. The van der Waals surface area contributed by atoms with E-state index in [-0.39, 0.29) is 12.4 Å². The molecule has 0 atom stereocenters. The van der Waals surface area contributed by atoms with Gasteiger partial charge < -0.3 is 14.9 Å². The van der Waals surface area contributed by atoms with Gasteiger partial charge in [0.15, 0.2) is 0 Å². The Labute approximate surface area is 211 Å². The van der Waals surface area contributed by atoms with E-state index in [2.05, 4.69) is 47.4 Å². The zero-order valence-corrected chi connectivity index (χ0v) is 21.4. The molecule has 1 heterocycles. The van der Waals surface area contributed by atoms with Crippen LogP contribution in [0.1, 0.15) is 63.5 Å². The molecule has 2 aromatic carbocycles. The molecule has 0 radical (unpaired) electrons. The summed E-state index contributed by atoms with van der Waals surface area (Å²) in [4.78, 5) is 2.46. The number of ether oxygens (including phenoxy) is 1. The highest BCUT2D eigenvalue weighted by molar-refractivity contribution is 5.85. The summed E-state index contributed by atoms with van der Waals surface area (Å²) in [5.41, 5.74) is 5.77. The summed E-state index contributed by atoms with van der Waals surface area (Å²) in [5, 5.41) is 19.4. The summed E-state index contributed by atoms with van der Waals surface area (Å²) in [5.74, 6) is 1.14. The Morgan fingerprint density at radius 2 is 1.57 bits per heavy atom. The lowest BCUT2D eigenvalue weighted by atomic mass is 9.85. The topological polar surface area (TPSA) is 52.9 Å². The molecule has 4 rings (SSSR count). The Kier molecular flexibility index (Phi) is 11.1. The first-order valence-corrected chi connectivity index (χ1v) is 13.2. The average Bonchev–Trinajstić information content (AvgIpc) is 3.43. The second-order valence-electron chi connectivity index (χ2n) is 8.79. The fraction of sp³-hybridized carbons (Fsp3) is 0.419. The standard InChI is InChI=1S/C29H35NO3.C2H6/c31-21-6-9-28(23-7-2-1-3-8-23)29(24-10-14-26(32)15-11-24)25-12-16-27(17-13-25)33-22-20-30-18-4-5-19-30;1-2/h2,7-8,10-17,31-32H,1,3-6,9,18-22H2;1-2H3/b29-28-;. The Bertz CT molecular complexity index is 981. The van der Waals surface area contributed by atoms with Gasteiger partial charge in [0.05, 0.1) is 0 Å². The monoisotopic (exact) mass is 475 g/mol. The Morgan fingerprint density at radius 1 is 0.914 bits per heavy atom. The van der Waals surface area contributed by atoms with Crippen molar-refractivity contribution in [1.82, 2.24) is 4.90 Å². The van der Waals surface area contributed by atoms with E-state index < -0.39 is 0 Å². The summed E-state index contributed by atoms with van der Waals surface area (Å²) < 4.78 is 6.02. The van der Waals surface area contributed by atoms with Crippen LogP contribution in [0.4, 0.5) is 0 Å². The van der Waals surface area contributed by atoms with Crippen LogP contribution in [0.2, 0.25) is 0 Å². The minimum absolute atomic E-state index is 0.160. The maximum absolute atomic E-state index is 9.84. The lowest BCUT2D eigenvalue weighted by Crippen LogP contribution is -2.25. The lowest BCUT2D eigenvalue weighted by molar-refractivity contribution is 0.238. The number of phenols is 1. The van der Waals surface area contributed by atoms with Gasteiger partial charge in [-0.15, -0.1) is 0 Å². The third-order valence-electron chi connectivity index (χ3n) is 6.40. The smallest absolute Gasteiger partial charge is 0.119 e. The minimum atomic E-state index is 0.160. The third kappa shape index (κ3) is 7.84. The van der Waals surface area contributed by atoms with Gasteiger partial charge in [-0.3, -0.25) is 4.90 Å². The number of nitrogens with zero attached hydrogens (tertiary/aromatic N) is 1. The average molecular weight is 476 g/mol. The summed E-state index contributed by atoms with van der Waals surface area (Å²) in [7, 11) is 0. The molecule has 1 fully saturated rings. The van der Waals surface area contributed by atoms with Gasteiger partial charge in [-0.1, -0.05) is 56.3 Å². The van der Waals surface area contributed by atoms with Crippen LogP contribution >= 0.6 is 0 Å². The fourth-order valence-corrected chi connectivity index (χ4v) is 4.67.